The molecule has 0 saturated carbocycles. The molecule has 10 nitrogen and oxygen atoms in total. The maximum absolute atomic E-state index is 13.4. The average Bonchev–Trinajstić information content (AvgIpc) is 1.46. The van der Waals surface area contributed by atoms with Crippen LogP contribution in [0.1, 0.15) is 11.1 Å². The average molecular weight is 1150 g/mol. The van der Waals surface area contributed by atoms with Gasteiger partial charge < -0.3 is 35.9 Å². The van der Waals surface area contributed by atoms with Crippen LogP contribution >= 0.6 is 0 Å². The summed E-state index contributed by atoms with van der Waals surface area (Å²) in [6, 6.07) is 89.2. The van der Waals surface area contributed by atoms with E-state index in [0.29, 0.717) is 45.1 Å². The smallest absolute Gasteiger partial charge is 0.160 e. The zero-order valence-electron chi connectivity index (χ0n) is 47.4. The first-order valence-corrected chi connectivity index (χ1v) is 30.0. The number of hydrogen-bond acceptors (Lipinski definition) is 6. The van der Waals surface area contributed by atoms with Gasteiger partial charge in [0, 0.05) is 86.2 Å². The Bertz CT molecular complexity index is 6130. The number of fused-ring (bicyclic) bond motifs is 28. The van der Waals surface area contributed by atoms with Crippen molar-refractivity contribution in [1.29, 1.82) is 10.5 Å². The van der Waals surface area contributed by atoms with Gasteiger partial charge >= 0.3 is 0 Å². The summed E-state index contributed by atoms with van der Waals surface area (Å²) in [4.78, 5) is 0. The second-order valence-electron chi connectivity index (χ2n) is 23.5. The molecule has 0 unspecified atom stereocenters. The Morgan fingerprint density at radius 1 is 0.211 bits per heavy atom. The lowest BCUT2D eigenvalue weighted by Crippen LogP contribution is -2.17. The molecule has 13 aromatic carbocycles. The summed E-state index contributed by atoms with van der Waals surface area (Å²) < 4.78 is 37.5. The molecule has 21 rings (SSSR count). The Hall–Kier alpha value is -12.8. The van der Waals surface area contributed by atoms with Gasteiger partial charge in [-0.25, -0.2) is 0 Å². The van der Waals surface area contributed by atoms with Crippen molar-refractivity contribution in [3.63, 3.8) is 0 Å². The molecule has 0 aliphatic heterocycles. The maximum atomic E-state index is 13.4. The SMILES string of the molecule is N#Cc1c(-n2c3ccccc3c3ccc4c5ccccc5oc4c32)c(-n2c3ccccc3c3ccc4c5ccccc5oc4c32)c(C#N)c(-n2c3ccccc3c3ccc4c5ccccc5oc4c32)c1-n1c2ccccc2c2ccc3c4ccccc4oc3c21. The van der Waals surface area contributed by atoms with Crippen LogP contribution in [0.25, 0.3) is 198 Å². The van der Waals surface area contributed by atoms with Crippen molar-refractivity contribution < 1.29 is 17.7 Å². The molecule has 414 valence electrons. The van der Waals surface area contributed by atoms with Crippen LogP contribution in [0, 0.1) is 22.7 Å². The first kappa shape index (κ1) is 47.5. The highest BCUT2D eigenvalue weighted by Crippen LogP contribution is 2.53. The molecule has 8 aromatic heterocycles. The molecule has 0 spiro atoms. The fraction of sp³-hybridized carbons (Fsp3) is 0. The molecule has 0 N–H and O–H groups in total. The van der Waals surface area contributed by atoms with E-state index in [1.165, 1.54) is 0 Å². The second-order valence-corrected chi connectivity index (χ2v) is 23.5. The Balaban J connectivity index is 1.10. The van der Waals surface area contributed by atoms with E-state index in [1.807, 2.05) is 97.1 Å². The highest BCUT2D eigenvalue weighted by molar-refractivity contribution is 6.27. The molecule has 0 aliphatic rings. The van der Waals surface area contributed by atoms with Crippen LogP contribution < -0.4 is 0 Å². The lowest BCUT2D eigenvalue weighted by atomic mass is 9.98. The fourth-order valence-electron chi connectivity index (χ4n) is 15.6. The molecular weight excluding hydrogens is 1110 g/mol. The molecule has 0 radical (unpaired) electrons. The molecule has 0 aliphatic carbocycles. The number of aromatic nitrogens is 4. The first-order chi connectivity index (χ1) is 44.6. The Kier molecular flexibility index (Phi) is 8.98. The van der Waals surface area contributed by atoms with Crippen molar-refractivity contribution in [2.75, 3.05) is 0 Å². The van der Waals surface area contributed by atoms with Gasteiger partial charge in [0.2, 0.25) is 0 Å². The van der Waals surface area contributed by atoms with Gasteiger partial charge in [0.1, 0.15) is 45.6 Å². The summed E-state index contributed by atoms with van der Waals surface area (Å²) in [6.45, 7) is 0. The van der Waals surface area contributed by atoms with Crippen molar-refractivity contribution in [3.05, 3.63) is 254 Å². The highest BCUT2D eigenvalue weighted by Gasteiger charge is 2.37. The number of nitrogens with zero attached hydrogens (tertiary/aromatic N) is 6. The summed E-state index contributed by atoms with van der Waals surface area (Å²) in [5.41, 5.74) is 14.0. The van der Waals surface area contributed by atoms with Gasteiger partial charge in [-0.2, -0.15) is 10.5 Å². The fourth-order valence-corrected chi connectivity index (χ4v) is 15.6. The standard InChI is InChI=1S/C80H40N6O4/c81-41-59-69(83-61-25-9-1-17-43(61)51-33-37-55-47-21-5-13-29-65(47)87-77(55)73(51)83)70(84-62-26-10-2-18-44(62)52-34-38-56-48-22-6-14-30-66(48)88-78(56)74(52)84)60(42-82)72(86-64-28-12-4-20-46(64)54-36-40-58-50-24-8-16-32-68(50)90-80(58)76(54)86)71(59)85-63-27-11-3-19-45(63)53-35-39-57-49-23-7-15-31-67(49)89-79(57)75(53)85/h1-40H. The minimum absolute atomic E-state index is 0.274. The number of benzene rings is 13. The van der Waals surface area contributed by atoms with E-state index in [4.69, 9.17) is 17.7 Å². The van der Waals surface area contributed by atoms with Crippen LogP contribution in [-0.2, 0) is 0 Å². The third kappa shape index (κ3) is 5.81. The third-order valence-corrected chi connectivity index (χ3v) is 19.2. The van der Waals surface area contributed by atoms with E-state index in [1.54, 1.807) is 0 Å². The van der Waals surface area contributed by atoms with Gasteiger partial charge in [0.05, 0.1) is 66.9 Å². The van der Waals surface area contributed by atoms with E-state index in [0.717, 1.165) is 153 Å². The van der Waals surface area contributed by atoms with Crippen LogP contribution in [0.3, 0.4) is 0 Å². The summed E-state index contributed by atoms with van der Waals surface area (Å²) in [5.74, 6) is 0. The van der Waals surface area contributed by atoms with Gasteiger partial charge in [0.25, 0.3) is 0 Å². The minimum atomic E-state index is 0.274. The van der Waals surface area contributed by atoms with Crippen molar-refractivity contribution in [3.8, 4) is 34.9 Å². The Morgan fingerprint density at radius 3 is 0.644 bits per heavy atom. The van der Waals surface area contributed by atoms with E-state index >= 15 is 0 Å². The van der Waals surface area contributed by atoms with Gasteiger partial charge in [-0.3, -0.25) is 0 Å². The normalized spacial score (nSPS) is 12.4. The van der Waals surface area contributed by atoms with Gasteiger partial charge in [-0.15, -0.1) is 0 Å². The van der Waals surface area contributed by atoms with Crippen molar-refractivity contribution in [2.24, 2.45) is 0 Å². The largest absolute Gasteiger partial charge is 0.454 e. The first-order valence-electron chi connectivity index (χ1n) is 30.0. The van der Waals surface area contributed by atoms with Crippen molar-refractivity contribution >= 4 is 175 Å². The van der Waals surface area contributed by atoms with Crippen molar-refractivity contribution in [1.82, 2.24) is 18.3 Å². The van der Waals surface area contributed by atoms with E-state index in [9.17, 15) is 10.5 Å². The number of furan rings is 4. The molecular formula is C80H40N6O4. The van der Waals surface area contributed by atoms with Crippen LogP contribution in [0.2, 0.25) is 0 Å². The van der Waals surface area contributed by atoms with Gasteiger partial charge in [-0.1, -0.05) is 170 Å². The van der Waals surface area contributed by atoms with E-state index in [-0.39, 0.29) is 11.1 Å². The number of hydrogen-bond donors (Lipinski definition) is 0. The van der Waals surface area contributed by atoms with Gasteiger partial charge in [-0.05, 0) is 72.8 Å². The molecule has 8 heterocycles. The molecule has 0 saturated heterocycles. The minimum Gasteiger partial charge on any atom is -0.454 e. The molecule has 0 amide bonds. The van der Waals surface area contributed by atoms with Crippen LogP contribution in [0.15, 0.2) is 260 Å². The zero-order chi connectivity index (χ0) is 58.8. The number of rotatable bonds is 4. The third-order valence-electron chi connectivity index (χ3n) is 19.2. The molecule has 21 aromatic rings. The zero-order valence-corrected chi connectivity index (χ0v) is 47.4. The Morgan fingerprint density at radius 2 is 0.411 bits per heavy atom. The lowest BCUT2D eigenvalue weighted by molar-refractivity contribution is 0.670. The molecule has 0 fully saturated rings. The topological polar surface area (TPSA) is 120 Å². The lowest BCUT2D eigenvalue weighted by Gasteiger charge is -2.27. The van der Waals surface area contributed by atoms with E-state index < -0.39 is 0 Å². The highest BCUT2D eigenvalue weighted by atomic mass is 16.3. The van der Waals surface area contributed by atoms with Crippen LogP contribution in [-0.4, -0.2) is 18.3 Å². The van der Waals surface area contributed by atoms with Gasteiger partial charge in [0.15, 0.2) is 22.3 Å². The summed E-state index contributed by atoms with van der Waals surface area (Å²) in [5, 5.41) is 41.6. The molecule has 10 heteroatoms. The second kappa shape index (κ2) is 17.0. The Labute approximate surface area is 507 Å². The predicted molar refractivity (Wildman–Crippen MR) is 362 cm³/mol. The monoisotopic (exact) mass is 1150 g/mol. The molecule has 0 bridgehead atoms. The quantitative estimate of drug-likeness (QED) is 0.173. The molecule has 90 heavy (non-hydrogen) atoms. The maximum Gasteiger partial charge on any atom is 0.160 e. The van der Waals surface area contributed by atoms with Crippen LogP contribution in [0.5, 0.6) is 0 Å². The van der Waals surface area contributed by atoms with Crippen molar-refractivity contribution in [2.45, 2.75) is 0 Å². The number of para-hydroxylation sites is 8. The predicted octanol–water partition coefficient (Wildman–Crippen LogP) is 21.4. The summed E-state index contributed by atoms with van der Waals surface area (Å²) in [7, 11) is 0. The van der Waals surface area contributed by atoms with Crippen LogP contribution in [0.4, 0.5) is 0 Å². The summed E-state index contributed by atoms with van der Waals surface area (Å²) in [6.07, 6.45) is 0. The summed E-state index contributed by atoms with van der Waals surface area (Å²) >= 11 is 0. The van der Waals surface area contributed by atoms with E-state index in [2.05, 4.69) is 176 Å². The number of nitriles is 2. The molecule has 0 atom stereocenters.